The SMILES string of the molecule is C.C.CC(=O)OCC(CN(C)CCN)OC(C)=O.CC(=O)OCC(CN(C)CCNCP(=O)(O)O)OC(C)=O.CC(C)=O.CCCC(O)CO.CCCCC.CNCC(COC(C)=O)OC(C)=O.C[P+](C)=O. The Kier molecular flexibility index (Phi) is 75.6. The number of unbranched alkanes of at least 4 members (excludes halogenated alkanes) is 2. The van der Waals surface area contributed by atoms with Crippen LogP contribution in [0.1, 0.15) is 123 Å². The van der Waals surface area contributed by atoms with Crippen molar-refractivity contribution in [1.29, 1.82) is 0 Å². The van der Waals surface area contributed by atoms with Crippen LogP contribution in [0.3, 0.4) is 0 Å². The number of nitrogens with two attached hydrogens (primary N) is 1. The van der Waals surface area contributed by atoms with Gasteiger partial charge in [0.1, 0.15) is 57.2 Å². The van der Waals surface area contributed by atoms with Gasteiger partial charge in [0.15, 0.2) is 0 Å². The van der Waals surface area contributed by atoms with Gasteiger partial charge in [-0.15, -0.1) is 0 Å². The van der Waals surface area contributed by atoms with Gasteiger partial charge in [0, 0.05) is 87.4 Å². The van der Waals surface area contributed by atoms with Crippen LogP contribution in [0.4, 0.5) is 0 Å². The van der Waals surface area contributed by atoms with Crippen molar-refractivity contribution < 1.29 is 91.1 Å². The number of rotatable bonds is 27. The van der Waals surface area contributed by atoms with Crippen molar-refractivity contribution in [2.24, 2.45) is 5.73 Å². The summed E-state index contributed by atoms with van der Waals surface area (Å²) in [6.07, 6.45) is 3.39. The summed E-state index contributed by atoms with van der Waals surface area (Å²) in [5, 5.41) is 22.3. The Balaban J connectivity index is -0.0000000993. The second-order valence-electron chi connectivity index (χ2n) is 15.5. The van der Waals surface area contributed by atoms with Crippen LogP contribution in [0.15, 0.2) is 0 Å². The van der Waals surface area contributed by atoms with E-state index < -0.39 is 63.7 Å². The third-order valence-electron chi connectivity index (χ3n) is 6.92. The van der Waals surface area contributed by atoms with Crippen molar-refractivity contribution in [3.63, 3.8) is 0 Å². The molecule has 0 bridgehead atoms. The van der Waals surface area contributed by atoms with Crippen molar-refractivity contribution in [2.45, 2.75) is 148 Å². The van der Waals surface area contributed by atoms with E-state index in [4.69, 9.17) is 54.2 Å². The number of ether oxygens (including phenoxy) is 6. The molecule has 0 aliphatic carbocycles. The van der Waals surface area contributed by atoms with Crippen LogP contribution in [-0.4, -0.2) is 209 Å². The van der Waals surface area contributed by atoms with E-state index in [1.54, 1.807) is 32.3 Å². The van der Waals surface area contributed by atoms with Gasteiger partial charge in [0.25, 0.3) is 0 Å². The molecule has 0 aliphatic heterocycles. The highest BCUT2D eigenvalue weighted by Crippen LogP contribution is 2.31. The van der Waals surface area contributed by atoms with Crippen LogP contribution in [0.25, 0.3) is 0 Å². The second-order valence-corrected chi connectivity index (χ2v) is 18.8. The van der Waals surface area contributed by atoms with Crippen LogP contribution in [0.2, 0.25) is 0 Å². The first-order valence-corrected chi connectivity index (χ1v) is 26.7. The molecular weight excluding hydrogens is 988 g/mol. The van der Waals surface area contributed by atoms with Crippen LogP contribution in [-0.2, 0) is 71.1 Å². The molecule has 24 nitrogen and oxygen atoms in total. The monoisotopic (exact) mass is 1090 g/mol. The molecule has 72 heavy (non-hydrogen) atoms. The van der Waals surface area contributed by atoms with E-state index in [0.29, 0.717) is 52.2 Å². The number of carbonyl (C=O) groups is 7. The number of aliphatic hydroxyl groups excluding tert-OH is 2. The number of carbonyl (C=O) groups excluding carboxylic acids is 7. The summed E-state index contributed by atoms with van der Waals surface area (Å²) in [6, 6.07) is 0. The van der Waals surface area contributed by atoms with Gasteiger partial charge in [-0.25, -0.2) is 0 Å². The van der Waals surface area contributed by atoms with E-state index in [2.05, 4.69) is 24.5 Å². The standard InChI is InChI=1S/C11H23N2O7P.C10H20N2O4.C8H15NO4.C5H12O2.C5H12.C3H6O.C2H6OP.2CH4/c1-9(14)19-7-11(20-10(2)15)6-13(3)5-4-12-8-21(16,17)18;1-8(13)15-7-10(16-9(2)14)6-12(3)5-4-11;1-6(10)12-5-8(4-9-3)13-7(2)11;1-2-3-5(7)4-6;1-3-5-4-2;1-3(2)4;1-4(2)3;;/h11-12H,4-8H2,1-3H3,(H2,16,17,18);10H,4-7,11H2,1-3H3;8-9H,4-5H2,1-3H3;5-7H,2-4H2,1H3;3-5H2,1-2H3;2*1-2H3;2*1H4/q;;;;;;+1;;. The summed E-state index contributed by atoms with van der Waals surface area (Å²) in [5.74, 6) is -2.31. The molecule has 8 N–H and O–H groups in total. The number of hydrogen-bond acceptors (Lipinski definition) is 22. The molecule has 0 aromatic carbocycles. The van der Waals surface area contributed by atoms with E-state index in [1.807, 2.05) is 18.9 Å². The van der Waals surface area contributed by atoms with Crippen molar-refractivity contribution in [3.05, 3.63) is 0 Å². The maximum absolute atomic E-state index is 11.0. The van der Waals surface area contributed by atoms with E-state index in [9.17, 15) is 42.7 Å². The molecule has 0 rings (SSSR count). The van der Waals surface area contributed by atoms with Crippen LogP contribution >= 0.6 is 15.4 Å². The van der Waals surface area contributed by atoms with Gasteiger partial charge in [-0.3, -0.25) is 33.3 Å². The number of hydrogen-bond donors (Lipinski definition) is 7. The first-order chi connectivity index (χ1) is 32.3. The van der Waals surface area contributed by atoms with Crippen LogP contribution in [0, 0.1) is 0 Å². The molecule has 0 aliphatic rings. The molecule has 434 valence electrons. The Hall–Kier alpha value is -3.54. The summed E-state index contributed by atoms with van der Waals surface area (Å²) >= 11 is 0. The van der Waals surface area contributed by atoms with Crippen molar-refractivity contribution in [3.8, 4) is 0 Å². The number of likely N-dealkylation sites (N-methyl/N-ethyl adjacent to an activating group) is 3. The van der Waals surface area contributed by atoms with E-state index in [0.717, 1.165) is 6.42 Å². The van der Waals surface area contributed by atoms with Crippen LogP contribution < -0.4 is 16.4 Å². The lowest BCUT2D eigenvalue weighted by Gasteiger charge is -2.23. The summed E-state index contributed by atoms with van der Waals surface area (Å²) < 4.78 is 49.5. The Morgan fingerprint density at radius 1 is 0.653 bits per heavy atom. The first kappa shape index (κ1) is 88.1. The van der Waals surface area contributed by atoms with E-state index in [1.165, 1.54) is 74.7 Å². The fraction of sp³-hybridized carbons (Fsp3) is 0.848. The average molecular weight is 1090 g/mol. The minimum Gasteiger partial charge on any atom is -0.462 e. The Bertz CT molecular complexity index is 1370. The largest absolute Gasteiger partial charge is 0.462 e. The lowest BCUT2D eigenvalue weighted by atomic mass is 10.2. The molecule has 0 radical (unpaired) electrons. The smallest absolute Gasteiger partial charge is 0.339 e. The summed E-state index contributed by atoms with van der Waals surface area (Å²) in [6.45, 7) is 24.0. The third-order valence-corrected chi connectivity index (χ3v) is 7.55. The fourth-order valence-electron chi connectivity index (χ4n) is 4.32. The fourth-order valence-corrected chi connectivity index (χ4v) is 4.77. The zero-order valence-corrected chi connectivity index (χ0v) is 46.9. The maximum atomic E-state index is 11.0. The average Bonchev–Trinajstić information content (AvgIpc) is 3.20. The number of nitrogens with one attached hydrogen (secondary N) is 2. The molecule has 4 atom stereocenters. The topological polar surface area (TPSA) is 346 Å². The minimum absolute atomic E-state index is 0. The highest BCUT2D eigenvalue weighted by atomic mass is 31.2. The van der Waals surface area contributed by atoms with Crippen LogP contribution in [0.5, 0.6) is 0 Å². The number of nitrogens with zero attached hydrogens (tertiary/aromatic N) is 2. The molecule has 0 fully saturated rings. The minimum atomic E-state index is -4.05. The molecule has 0 aromatic rings. The molecular formula is C46H102N5O19P2+. The normalized spacial score (nSPS) is 11.4. The molecule has 26 heteroatoms. The second kappa shape index (κ2) is 61.8. The molecule has 0 heterocycles. The van der Waals surface area contributed by atoms with Gasteiger partial charge < -0.3 is 79.4 Å². The van der Waals surface area contributed by atoms with Gasteiger partial charge in [-0.1, -0.05) is 65.9 Å². The molecule has 0 saturated carbocycles. The quantitative estimate of drug-likeness (QED) is 0.0268. The summed E-state index contributed by atoms with van der Waals surface area (Å²) in [7, 11) is 0.418. The maximum Gasteiger partial charge on any atom is 0.339 e. The number of esters is 6. The van der Waals surface area contributed by atoms with Crippen molar-refractivity contribution >= 4 is 57.0 Å². The number of Topliss-reactive ketones (excluding diaryl/α,β-unsaturated/α-hetero) is 1. The van der Waals surface area contributed by atoms with Gasteiger partial charge >= 0.3 is 51.2 Å². The Morgan fingerprint density at radius 3 is 1.22 bits per heavy atom. The highest BCUT2D eigenvalue weighted by Gasteiger charge is 2.18. The zero-order valence-electron chi connectivity index (χ0n) is 45.1. The Morgan fingerprint density at radius 2 is 0.986 bits per heavy atom. The van der Waals surface area contributed by atoms with Gasteiger partial charge in [0.2, 0.25) is 0 Å². The first-order valence-electron chi connectivity index (χ1n) is 22.8. The predicted octanol–water partition coefficient (Wildman–Crippen LogP) is 3.49. The van der Waals surface area contributed by atoms with Gasteiger partial charge in [-0.2, -0.15) is 0 Å². The molecule has 0 saturated heterocycles. The molecule has 0 spiro atoms. The molecule has 4 unspecified atom stereocenters. The van der Waals surface area contributed by atoms with E-state index >= 15 is 0 Å². The van der Waals surface area contributed by atoms with Crippen molar-refractivity contribution in [1.82, 2.24) is 20.4 Å². The Labute approximate surface area is 433 Å². The van der Waals surface area contributed by atoms with Gasteiger partial charge in [0.05, 0.1) is 19.0 Å². The number of ketones is 1. The molecule has 0 aromatic heterocycles. The third kappa shape index (κ3) is 103. The van der Waals surface area contributed by atoms with Gasteiger partial charge in [-0.05, 0) is 41.4 Å². The number of aliphatic hydroxyl groups is 2. The van der Waals surface area contributed by atoms with E-state index in [-0.39, 0.29) is 65.3 Å². The summed E-state index contributed by atoms with van der Waals surface area (Å²) in [5.41, 5.74) is 5.39. The zero-order chi connectivity index (χ0) is 56.3. The molecule has 0 amide bonds. The lowest BCUT2D eigenvalue weighted by molar-refractivity contribution is -0.157. The predicted molar refractivity (Wildman–Crippen MR) is 282 cm³/mol. The lowest BCUT2D eigenvalue weighted by Crippen LogP contribution is -2.39. The van der Waals surface area contributed by atoms with Crippen molar-refractivity contribution in [2.75, 3.05) is 113 Å². The highest BCUT2D eigenvalue weighted by molar-refractivity contribution is 7.51. The summed E-state index contributed by atoms with van der Waals surface area (Å²) in [4.78, 5) is 94.8.